The van der Waals surface area contributed by atoms with Gasteiger partial charge >= 0.3 is 0 Å². The highest BCUT2D eigenvalue weighted by molar-refractivity contribution is 7.99. The topological polar surface area (TPSA) is 87.9 Å². The Morgan fingerprint density at radius 2 is 2.16 bits per heavy atom. The predicted molar refractivity (Wildman–Crippen MR) is 74.1 cm³/mol. The number of nitrogen functional groups attached to an aromatic ring is 1. The predicted octanol–water partition coefficient (Wildman–Crippen LogP) is 1.55. The van der Waals surface area contributed by atoms with E-state index in [1.165, 1.54) is 16.7 Å². The molecule has 0 aliphatic rings. The number of anilines is 1. The molecule has 19 heavy (non-hydrogen) atoms. The van der Waals surface area contributed by atoms with Gasteiger partial charge in [-0.3, -0.25) is 9.89 Å². The van der Waals surface area contributed by atoms with E-state index in [0.29, 0.717) is 16.4 Å². The van der Waals surface area contributed by atoms with Crippen LogP contribution in [0, 0.1) is 6.92 Å². The van der Waals surface area contributed by atoms with Crippen molar-refractivity contribution in [3.8, 4) is 0 Å². The SMILES string of the molecule is Cc1nc(Sc2ccc(C(=O)N(C)C)cc2N)n[nH]1. The summed E-state index contributed by atoms with van der Waals surface area (Å²) in [7, 11) is 3.41. The number of nitrogens with one attached hydrogen (secondary N) is 1. The second kappa shape index (κ2) is 5.31. The third-order valence-corrected chi connectivity index (χ3v) is 3.40. The minimum atomic E-state index is -0.0722. The molecule has 2 aromatic rings. The standard InChI is InChI=1S/C12H15N5OS/c1-7-14-12(16-15-7)19-10-5-4-8(6-9(10)13)11(18)17(2)3/h4-6H,13H2,1-3H3,(H,14,15,16). The summed E-state index contributed by atoms with van der Waals surface area (Å²) in [6, 6.07) is 5.23. The Kier molecular flexibility index (Phi) is 3.75. The van der Waals surface area contributed by atoms with Crippen LogP contribution >= 0.6 is 11.8 Å². The van der Waals surface area contributed by atoms with Crippen molar-refractivity contribution in [2.75, 3.05) is 19.8 Å². The fourth-order valence-electron chi connectivity index (χ4n) is 1.50. The number of hydrogen-bond donors (Lipinski definition) is 2. The largest absolute Gasteiger partial charge is 0.398 e. The van der Waals surface area contributed by atoms with Gasteiger partial charge in [-0.05, 0) is 36.9 Å². The second-order valence-corrected chi connectivity index (χ2v) is 5.27. The van der Waals surface area contributed by atoms with Gasteiger partial charge in [0.1, 0.15) is 5.82 Å². The molecule has 7 heteroatoms. The third-order valence-electron chi connectivity index (χ3n) is 2.44. The Bertz CT molecular complexity index is 608. The van der Waals surface area contributed by atoms with Crippen LogP contribution < -0.4 is 5.73 Å². The quantitative estimate of drug-likeness (QED) is 0.831. The van der Waals surface area contributed by atoms with Gasteiger partial charge in [-0.2, -0.15) is 0 Å². The van der Waals surface area contributed by atoms with Gasteiger partial charge in [-0.15, -0.1) is 5.10 Å². The lowest BCUT2D eigenvalue weighted by Crippen LogP contribution is -2.21. The van der Waals surface area contributed by atoms with Gasteiger partial charge in [0.2, 0.25) is 5.16 Å². The Labute approximate surface area is 115 Å². The molecule has 0 saturated carbocycles. The van der Waals surface area contributed by atoms with E-state index >= 15 is 0 Å². The highest BCUT2D eigenvalue weighted by Gasteiger charge is 2.11. The number of nitrogens with two attached hydrogens (primary N) is 1. The van der Waals surface area contributed by atoms with E-state index in [0.717, 1.165) is 10.7 Å². The average Bonchev–Trinajstić information content (AvgIpc) is 2.76. The Morgan fingerprint density at radius 3 is 2.68 bits per heavy atom. The molecular weight excluding hydrogens is 262 g/mol. The Hall–Kier alpha value is -2.02. The molecule has 0 unspecified atom stereocenters. The Balaban J connectivity index is 2.22. The molecule has 2 rings (SSSR count). The molecule has 0 radical (unpaired) electrons. The first-order chi connectivity index (χ1) is 8.97. The van der Waals surface area contributed by atoms with Crippen molar-refractivity contribution in [3.63, 3.8) is 0 Å². The summed E-state index contributed by atoms with van der Waals surface area (Å²) in [6.07, 6.45) is 0. The molecule has 1 heterocycles. The maximum Gasteiger partial charge on any atom is 0.253 e. The molecule has 100 valence electrons. The van der Waals surface area contributed by atoms with E-state index < -0.39 is 0 Å². The van der Waals surface area contributed by atoms with E-state index in [-0.39, 0.29) is 5.91 Å². The number of rotatable bonds is 3. The molecule has 0 saturated heterocycles. The van der Waals surface area contributed by atoms with Gasteiger partial charge in [0.25, 0.3) is 5.91 Å². The molecule has 1 aromatic heterocycles. The maximum absolute atomic E-state index is 11.8. The van der Waals surface area contributed by atoms with Crippen LogP contribution in [-0.4, -0.2) is 40.1 Å². The van der Waals surface area contributed by atoms with Crippen molar-refractivity contribution < 1.29 is 4.79 Å². The van der Waals surface area contributed by atoms with Crippen molar-refractivity contribution in [1.82, 2.24) is 20.1 Å². The number of aryl methyl sites for hydroxylation is 1. The van der Waals surface area contributed by atoms with Crippen LogP contribution in [0.15, 0.2) is 28.3 Å². The van der Waals surface area contributed by atoms with Crippen LogP contribution in [0.5, 0.6) is 0 Å². The summed E-state index contributed by atoms with van der Waals surface area (Å²) in [5, 5.41) is 7.41. The summed E-state index contributed by atoms with van der Waals surface area (Å²) in [4.78, 5) is 18.3. The summed E-state index contributed by atoms with van der Waals surface area (Å²) in [5.74, 6) is 0.678. The van der Waals surface area contributed by atoms with Gasteiger partial charge in [-0.25, -0.2) is 4.98 Å². The zero-order chi connectivity index (χ0) is 14.0. The van der Waals surface area contributed by atoms with Gasteiger partial charge in [0.15, 0.2) is 0 Å². The van der Waals surface area contributed by atoms with E-state index in [2.05, 4.69) is 15.2 Å². The fraction of sp³-hybridized carbons (Fsp3) is 0.250. The second-order valence-electron chi connectivity index (χ2n) is 4.26. The van der Waals surface area contributed by atoms with Crippen molar-refractivity contribution >= 4 is 23.4 Å². The van der Waals surface area contributed by atoms with Gasteiger partial charge in [0, 0.05) is 30.2 Å². The number of aromatic nitrogens is 3. The molecule has 6 nitrogen and oxygen atoms in total. The number of carbonyl (C=O) groups excluding carboxylic acids is 1. The highest BCUT2D eigenvalue weighted by atomic mass is 32.2. The molecule has 0 fully saturated rings. The normalized spacial score (nSPS) is 10.5. The molecule has 0 spiro atoms. The smallest absolute Gasteiger partial charge is 0.253 e. The first-order valence-corrected chi connectivity index (χ1v) is 6.47. The first-order valence-electron chi connectivity index (χ1n) is 5.65. The zero-order valence-electron chi connectivity index (χ0n) is 11.0. The maximum atomic E-state index is 11.8. The minimum Gasteiger partial charge on any atom is -0.398 e. The van der Waals surface area contributed by atoms with Crippen molar-refractivity contribution in [2.24, 2.45) is 0 Å². The lowest BCUT2D eigenvalue weighted by atomic mass is 10.2. The third kappa shape index (κ3) is 3.05. The number of amides is 1. The lowest BCUT2D eigenvalue weighted by Gasteiger charge is -2.11. The zero-order valence-corrected chi connectivity index (χ0v) is 11.8. The summed E-state index contributed by atoms with van der Waals surface area (Å²) in [6.45, 7) is 1.83. The van der Waals surface area contributed by atoms with Crippen LogP contribution in [0.4, 0.5) is 5.69 Å². The van der Waals surface area contributed by atoms with Crippen molar-refractivity contribution in [3.05, 3.63) is 29.6 Å². The number of aromatic amines is 1. The first kappa shape index (κ1) is 13.4. The molecule has 0 bridgehead atoms. The molecule has 0 atom stereocenters. The minimum absolute atomic E-state index is 0.0722. The van der Waals surface area contributed by atoms with E-state index in [4.69, 9.17) is 5.73 Å². The summed E-state index contributed by atoms with van der Waals surface area (Å²) < 4.78 is 0. The molecular formula is C12H15N5OS. The van der Waals surface area contributed by atoms with E-state index in [9.17, 15) is 4.79 Å². The fourth-order valence-corrected chi connectivity index (χ4v) is 2.28. The highest BCUT2D eigenvalue weighted by Crippen LogP contribution is 2.30. The number of benzene rings is 1. The van der Waals surface area contributed by atoms with Gasteiger partial charge in [-0.1, -0.05) is 0 Å². The number of hydrogen-bond acceptors (Lipinski definition) is 5. The van der Waals surface area contributed by atoms with Crippen molar-refractivity contribution in [1.29, 1.82) is 0 Å². The number of H-pyrrole nitrogens is 1. The Morgan fingerprint density at radius 1 is 1.42 bits per heavy atom. The van der Waals surface area contributed by atoms with Gasteiger partial charge < -0.3 is 10.6 Å². The number of carbonyl (C=O) groups is 1. The van der Waals surface area contributed by atoms with Crippen LogP contribution in [-0.2, 0) is 0 Å². The van der Waals surface area contributed by atoms with Crippen LogP contribution in [0.25, 0.3) is 0 Å². The molecule has 3 N–H and O–H groups in total. The van der Waals surface area contributed by atoms with Crippen LogP contribution in [0.1, 0.15) is 16.2 Å². The summed E-state index contributed by atoms with van der Waals surface area (Å²) in [5.41, 5.74) is 7.07. The molecule has 0 aliphatic carbocycles. The van der Waals surface area contributed by atoms with Gasteiger partial charge in [0.05, 0.1) is 0 Å². The molecule has 1 aromatic carbocycles. The number of nitrogens with zero attached hydrogens (tertiary/aromatic N) is 3. The van der Waals surface area contributed by atoms with Crippen LogP contribution in [0.3, 0.4) is 0 Å². The van der Waals surface area contributed by atoms with Crippen LogP contribution in [0.2, 0.25) is 0 Å². The molecule has 1 amide bonds. The molecule has 0 aliphatic heterocycles. The lowest BCUT2D eigenvalue weighted by molar-refractivity contribution is 0.0827. The van der Waals surface area contributed by atoms with Crippen molar-refractivity contribution in [2.45, 2.75) is 17.0 Å². The van der Waals surface area contributed by atoms with E-state index in [1.54, 1.807) is 26.2 Å². The summed E-state index contributed by atoms with van der Waals surface area (Å²) >= 11 is 1.36. The van der Waals surface area contributed by atoms with E-state index in [1.807, 2.05) is 13.0 Å². The average molecular weight is 277 g/mol. The monoisotopic (exact) mass is 277 g/mol.